The number of nitrogens with one attached hydrogen (secondary N) is 1. The van der Waals surface area contributed by atoms with Gasteiger partial charge in [0.2, 0.25) is 0 Å². The maximum Gasteiger partial charge on any atom is 0.123 e. The van der Waals surface area contributed by atoms with Crippen LogP contribution in [0.1, 0.15) is 11.4 Å². The van der Waals surface area contributed by atoms with Crippen molar-refractivity contribution >= 4 is 0 Å². The zero-order chi connectivity index (χ0) is 12.5. The molecule has 90 valence electrons. The van der Waals surface area contributed by atoms with E-state index in [0.29, 0.717) is 0 Å². The Balaban J connectivity index is 2.12. The van der Waals surface area contributed by atoms with Gasteiger partial charge < -0.3 is 0 Å². The molecule has 0 aliphatic heterocycles. The molecule has 0 atom stereocenters. The van der Waals surface area contributed by atoms with E-state index in [0.717, 1.165) is 28.2 Å². The molecular weight excluding hydrogens is 226 g/mol. The lowest BCUT2D eigenvalue weighted by Gasteiger charge is -2.05. The lowest BCUT2D eigenvalue weighted by atomic mass is 10.0. The number of hydrogen-bond donors (Lipinski definition) is 1. The van der Waals surface area contributed by atoms with Crippen LogP contribution in [0, 0.1) is 13.8 Å². The number of benzene rings is 1. The van der Waals surface area contributed by atoms with E-state index in [2.05, 4.69) is 32.5 Å². The Labute approximate surface area is 104 Å². The van der Waals surface area contributed by atoms with Crippen LogP contribution >= 0.6 is 0 Å². The zero-order valence-electron chi connectivity index (χ0n) is 10.3. The van der Waals surface area contributed by atoms with Crippen molar-refractivity contribution < 1.29 is 0 Å². The van der Waals surface area contributed by atoms with E-state index in [1.807, 2.05) is 30.5 Å². The van der Waals surface area contributed by atoms with Crippen LogP contribution < -0.4 is 0 Å². The summed E-state index contributed by atoms with van der Waals surface area (Å²) >= 11 is 0. The van der Waals surface area contributed by atoms with Gasteiger partial charge in [-0.2, -0.15) is 5.10 Å². The summed E-state index contributed by atoms with van der Waals surface area (Å²) in [6, 6.07) is 8.24. The third-order valence-electron chi connectivity index (χ3n) is 2.98. The number of H-pyrrole nitrogens is 1. The maximum atomic E-state index is 4.23. The van der Waals surface area contributed by atoms with E-state index in [1.165, 1.54) is 0 Å². The summed E-state index contributed by atoms with van der Waals surface area (Å²) in [6.07, 6.45) is 3.38. The third-order valence-corrected chi connectivity index (χ3v) is 2.98. The number of aromatic nitrogens is 5. The second-order valence-electron chi connectivity index (χ2n) is 4.23. The molecule has 0 radical (unpaired) electrons. The standard InChI is InChI=1S/C13H13N5/c1-9-13(10(2)17-16-9)11-4-3-5-12(6-11)18-7-14-15-8-18/h3-8H,1-2H3,(H,16,17). The van der Waals surface area contributed by atoms with Crippen molar-refractivity contribution in [1.29, 1.82) is 0 Å². The Morgan fingerprint density at radius 3 is 2.56 bits per heavy atom. The van der Waals surface area contributed by atoms with Gasteiger partial charge in [-0.1, -0.05) is 12.1 Å². The zero-order valence-corrected chi connectivity index (χ0v) is 10.3. The van der Waals surface area contributed by atoms with Gasteiger partial charge in [0.25, 0.3) is 0 Å². The molecule has 0 unspecified atom stereocenters. The summed E-state index contributed by atoms with van der Waals surface area (Å²) in [5.41, 5.74) is 5.43. The average Bonchev–Trinajstić information content (AvgIpc) is 3.00. The summed E-state index contributed by atoms with van der Waals surface area (Å²) in [6.45, 7) is 4.03. The predicted octanol–water partition coefficient (Wildman–Crippen LogP) is 2.27. The maximum absolute atomic E-state index is 4.23. The van der Waals surface area contributed by atoms with Crippen molar-refractivity contribution in [3.63, 3.8) is 0 Å². The Kier molecular flexibility index (Phi) is 2.44. The van der Waals surface area contributed by atoms with Crippen LogP contribution in [0.15, 0.2) is 36.9 Å². The first-order valence-corrected chi connectivity index (χ1v) is 5.72. The fourth-order valence-electron chi connectivity index (χ4n) is 2.13. The van der Waals surface area contributed by atoms with Crippen LogP contribution in [0.5, 0.6) is 0 Å². The largest absolute Gasteiger partial charge is 0.288 e. The minimum absolute atomic E-state index is 1.01. The van der Waals surface area contributed by atoms with Crippen molar-refractivity contribution in [2.24, 2.45) is 0 Å². The van der Waals surface area contributed by atoms with Crippen LogP contribution in [0.2, 0.25) is 0 Å². The summed E-state index contributed by atoms with van der Waals surface area (Å²) < 4.78 is 1.88. The van der Waals surface area contributed by atoms with Gasteiger partial charge in [0.1, 0.15) is 12.7 Å². The van der Waals surface area contributed by atoms with Crippen LogP contribution in [0.25, 0.3) is 16.8 Å². The fraction of sp³-hybridized carbons (Fsp3) is 0.154. The highest BCUT2D eigenvalue weighted by atomic mass is 15.2. The fourth-order valence-corrected chi connectivity index (χ4v) is 2.13. The summed E-state index contributed by atoms with van der Waals surface area (Å²) in [4.78, 5) is 0. The number of nitrogens with zero attached hydrogens (tertiary/aromatic N) is 4. The van der Waals surface area contributed by atoms with E-state index >= 15 is 0 Å². The first-order chi connectivity index (χ1) is 8.75. The number of hydrogen-bond acceptors (Lipinski definition) is 3. The molecule has 0 amide bonds. The molecule has 3 aromatic rings. The Bertz CT molecular complexity index is 647. The third kappa shape index (κ3) is 1.69. The highest BCUT2D eigenvalue weighted by molar-refractivity contribution is 5.70. The van der Waals surface area contributed by atoms with E-state index in [4.69, 9.17) is 0 Å². The number of aryl methyl sites for hydroxylation is 2. The highest BCUT2D eigenvalue weighted by Gasteiger charge is 2.09. The smallest absolute Gasteiger partial charge is 0.123 e. The second kappa shape index (κ2) is 4.10. The lowest BCUT2D eigenvalue weighted by Crippen LogP contribution is -1.91. The minimum atomic E-state index is 1.01. The first-order valence-electron chi connectivity index (χ1n) is 5.72. The van der Waals surface area contributed by atoms with Crippen molar-refractivity contribution in [2.45, 2.75) is 13.8 Å². The highest BCUT2D eigenvalue weighted by Crippen LogP contribution is 2.26. The molecule has 0 saturated heterocycles. The summed E-state index contributed by atoms with van der Waals surface area (Å²) in [5, 5.41) is 14.9. The normalized spacial score (nSPS) is 10.8. The van der Waals surface area contributed by atoms with Crippen molar-refractivity contribution in [2.75, 3.05) is 0 Å². The minimum Gasteiger partial charge on any atom is -0.288 e. The quantitative estimate of drug-likeness (QED) is 0.746. The number of aromatic amines is 1. The molecule has 2 heterocycles. The van der Waals surface area contributed by atoms with Crippen molar-refractivity contribution in [3.05, 3.63) is 48.3 Å². The molecule has 5 nitrogen and oxygen atoms in total. The molecule has 0 saturated carbocycles. The molecule has 0 aliphatic rings. The molecule has 0 aliphatic carbocycles. The van der Waals surface area contributed by atoms with E-state index in [1.54, 1.807) is 12.7 Å². The molecule has 2 aromatic heterocycles. The van der Waals surface area contributed by atoms with Crippen molar-refractivity contribution in [3.8, 4) is 16.8 Å². The molecule has 5 heteroatoms. The van der Waals surface area contributed by atoms with E-state index < -0.39 is 0 Å². The van der Waals surface area contributed by atoms with Crippen LogP contribution in [-0.2, 0) is 0 Å². The van der Waals surface area contributed by atoms with E-state index in [-0.39, 0.29) is 0 Å². The molecule has 0 bridgehead atoms. The number of rotatable bonds is 2. The van der Waals surface area contributed by atoms with Gasteiger partial charge in [0.05, 0.1) is 5.69 Å². The van der Waals surface area contributed by atoms with Gasteiger partial charge in [-0.05, 0) is 31.5 Å². The monoisotopic (exact) mass is 239 g/mol. The molecule has 3 rings (SSSR count). The first kappa shape index (κ1) is 10.7. The van der Waals surface area contributed by atoms with Gasteiger partial charge in [-0.15, -0.1) is 10.2 Å². The Hall–Kier alpha value is -2.43. The molecule has 0 spiro atoms. The SMILES string of the molecule is Cc1n[nH]c(C)c1-c1cccc(-n2cnnc2)c1. The average molecular weight is 239 g/mol. The van der Waals surface area contributed by atoms with E-state index in [9.17, 15) is 0 Å². The van der Waals surface area contributed by atoms with Gasteiger partial charge in [0.15, 0.2) is 0 Å². The van der Waals surface area contributed by atoms with Gasteiger partial charge >= 0.3 is 0 Å². The van der Waals surface area contributed by atoms with Crippen LogP contribution in [0.3, 0.4) is 0 Å². The molecule has 1 aromatic carbocycles. The summed E-state index contributed by atoms with van der Waals surface area (Å²) in [5.74, 6) is 0. The molecule has 0 fully saturated rings. The molecule has 18 heavy (non-hydrogen) atoms. The molecule has 1 N–H and O–H groups in total. The van der Waals surface area contributed by atoms with Crippen LogP contribution in [0.4, 0.5) is 0 Å². The van der Waals surface area contributed by atoms with Gasteiger partial charge in [0, 0.05) is 16.9 Å². The summed E-state index contributed by atoms with van der Waals surface area (Å²) in [7, 11) is 0. The van der Waals surface area contributed by atoms with Gasteiger partial charge in [-0.25, -0.2) is 0 Å². The lowest BCUT2D eigenvalue weighted by molar-refractivity contribution is 1.02. The molecular formula is C13H13N5. The van der Waals surface area contributed by atoms with Crippen LogP contribution in [-0.4, -0.2) is 25.0 Å². The Morgan fingerprint density at radius 1 is 1.11 bits per heavy atom. The van der Waals surface area contributed by atoms with Crippen molar-refractivity contribution in [1.82, 2.24) is 25.0 Å². The second-order valence-corrected chi connectivity index (χ2v) is 4.23. The Morgan fingerprint density at radius 2 is 1.89 bits per heavy atom. The predicted molar refractivity (Wildman–Crippen MR) is 68.4 cm³/mol. The topological polar surface area (TPSA) is 59.4 Å². The van der Waals surface area contributed by atoms with Gasteiger partial charge in [-0.3, -0.25) is 9.67 Å².